The third kappa shape index (κ3) is 6.86. The summed E-state index contributed by atoms with van der Waals surface area (Å²) in [7, 11) is 0. The molecule has 0 bridgehead atoms. The van der Waals surface area contributed by atoms with Crippen LogP contribution in [-0.2, 0) is 11.2 Å². The summed E-state index contributed by atoms with van der Waals surface area (Å²) in [4.78, 5) is 16.6. The fourth-order valence-corrected chi connectivity index (χ4v) is 6.54. The van der Waals surface area contributed by atoms with E-state index in [1.54, 1.807) is 0 Å². The molecule has 1 saturated carbocycles. The van der Waals surface area contributed by atoms with Crippen molar-refractivity contribution in [3.63, 3.8) is 0 Å². The Hall–Kier alpha value is -3.66. The zero-order valence-electron chi connectivity index (χ0n) is 22.8. The molecule has 0 spiro atoms. The molecular weight excluding hydrogens is 480 g/mol. The minimum absolute atomic E-state index is 0.227. The summed E-state index contributed by atoms with van der Waals surface area (Å²) in [5, 5.41) is 0. The lowest BCUT2D eigenvalue weighted by molar-refractivity contribution is -0.117. The Morgan fingerprint density at radius 3 is 2.28 bits per heavy atom. The molecule has 3 aromatic carbocycles. The van der Waals surface area contributed by atoms with Crippen molar-refractivity contribution in [2.75, 3.05) is 6.61 Å². The number of nitrogens with two attached hydrogens (primary N) is 1. The van der Waals surface area contributed by atoms with Gasteiger partial charge in [0.25, 0.3) is 0 Å². The third-order valence-corrected chi connectivity index (χ3v) is 8.38. The van der Waals surface area contributed by atoms with Gasteiger partial charge >= 0.3 is 0 Å². The minimum Gasteiger partial charge on any atom is -0.494 e. The molecule has 39 heavy (non-hydrogen) atoms. The molecule has 1 heterocycles. The van der Waals surface area contributed by atoms with Crippen LogP contribution in [0.1, 0.15) is 74.0 Å². The van der Waals surface area contributed by atoms with Gasteiger partial charge in [-0.25, -0.2) is 0 Å². The quantitative estimate of drug-likeness (QED) is 0.252. The molecule has 5 rings (SSSR count). The highest BCUT2D eigenvalue weighted by molar-refractivity contribution is 5.78. The number of benzene rings is 3. The van der Waals surface area contributed by atoms with Crippen LogP contribution in [0.2, 0.25) is 0 Å². The van der Waals surface area contributed by atoms with Crippen LogP contribution in [0.15, 0.2) is 102 Å². The standard InChI is InChI=1S/C35H40N2O2/c36-34(38)25-27-12-10-19-31(24-27)39-23-11-21-35(33(20-22-37-35)30-17-8-3-9-18-30)26-32(28-13-4-1-5-14-28)29-15-6-2-7-16-29/h1-2,4-7,10,12-16,19-20,22,24,30,32H,3,8-9,11,17-18,21,23,25-26H2,(H2,36,38). The highest BCUT2D eigenvalue weighted by Gasteiger charge is 2.41. The van der Waals surface area contributed by atoms with E-state index in [0.29, 0.717) is 12.5 Å². The molecule has 1 aliphatic carbocycles. The molecule has 2 N–H and O–H groups in total. The van der Waals surface area contributed by atoms with Gasteiger partial charge in [-0.2, -0.15) is 0 Å². The molecule has 4 nitrogen and oxygen atoms in total. The fourth-order valence-electron chi connectivity index (χ4n) is 6.54. The second-order valence-electron chi connectivity index (χ2n) is 11.1. The summed E-state index contributed by atoms with van der Waals surface area (Å²) in [5.41, 5.74) is 10.3. The first-order chi connectivity index (χ1) is 19.1. The summed E-state index contributed by atoms with van der Waals surface area (Å²) in [6.07, 6.45) is 13.9. The first kappa shape index (κ1) is 26.9. The van der Waals surface area contributed by atoms with Crippen molar-refractivity contribution in [2.45, 2.75) is 69.2 Å². The second kappa shape index (κ2) is 12.9. The van der Waals surface area contributed by atoms with Crippen molar-refractivity contribution in [3.8, 4) is 5.75 Å². The van der Waals surface area contributed by atoms with Crippen LogP contribution >= 0.6 is 0 Å². The summed E-state index contributed by atoms with van der Waals surface area (Å²) >= 11 is 0. The number of aliphatic imine (C=N–C) groups is 1. The van der Waals surface area contributed by atoms with Gasteiger partial charge in [-0.1, -0.05) is 92.1 Å². The van der Waals surface area contributed by atoms with E-state index in [1.165, 1.54) is 48.8 Å². The molecule has 1 aliphatic heterocycles. The van der Waals surface area contributed by atoms with Crippen molar-refractivity contribution < 1.29 is 9.53 Å². The molecule has 0 saturated heterocycles. The summed E-state index contributed by atoms with van der Waals surface area (Å²) in [6.45, 7) is 0.608. The Balaban J connectivity index is 1.37. The highest BCUT2D eigenvalue weighted by Crippen LogP contribution is 2.47. The second-order valence-corrected chi connectivity index (χ2v) is 11.1. The Morgan fingerprint density at radius 1 is 0.923 bits per heavy atom. The lowest BCUT2D eigenvalue weighted by Crippen LogP contribution is -2.34. The van der Waals surface area contributed by atoms with Gasteiger partial charge in [0.2, 0.25) is 5.91 Å². The van der Waals surface area contributed by atoms with Crippen molar-refractivity contribution in [2.24, 2.45) is 16.6 Å². The van der Waals surface area contributed by atoms with Gasteiger partial charge in [0.15, 0.2) is 0 Å². The number of primary amides is 1. The molecule has 0 aromatic heterocycles. The maximum atomic E-state index is 11.3. The number of nitrogens with zero attached hydrogens (tertiary/aromatic N) is 1. The van der Waals surface area contributed by atoms with Crippen LogP contribution in [0, 0.1) is 5.92 Å². The topological polar surface area (TPSA) is 64.7 Å². The maximum absolute atomic E-state index is 11.3. The lowest BCUT2D eigenvalue weighted by Gasteiger charge is -2.38. The summed E-state index contributed by atoms with van der Waals surface area (Å²) in [5.74, 6) is 1.33. The zero-order chi connectivity index (χ0) is 26.9. The van der Waals surface area contributed by atoms with Crippen LogP contribution in [0.4, 0.5) is 0 Å². The Morgan fingerprint density at radius 2 is 1.62 bits per heavy atom. The van der Waals surface area contributed by atoms with Crippen molar-refractivity contribution >= 4 is 12.1 Å². The number of rotatable bonds is 12. The largest absolute Gasteiger partial charge is 0.494 e. The number of allylic oxidation sites excluding steroid dienone is 1. The van der Waals surface area contributed by atoms with Crippen molar-refractivity contribution in [1.29, 1.82) is 0 Å². The number of carbonyl (C=O) groups is 1. The summed E-state index contributed by atoms with van der Waals surface area (Å²) in [6, 6.07) is 29.5. The van der Waals surface area contributed by atoms with Crippen LogP contribution in [0.3, 0.4) is 0 Å². The molecule has 1 fully saturated rings. The van der Waals surface area contributed by atoms with Gasteiger partial charge in [-0.05, 0) is 78.5 Å². The molecular formula is C35H40N2O2. The number of ether oxygens (including phenoxy) is 1. The fraction of sp³-hybridized carbons (Fsp3) is 0.371. The SMILES string of the molecule is NC(=O)Cc1cccc(OCCCC2(CC(c3ccccc3)c3ccccc3)N=CC=C2C2CCCCC2)c1. The highest BCUT2D eigenvalue weighted by atomic mass is 16.5. The van der Waals surface area contributed by atoms with Crippen LogP contribution in [-0.4, -0.2) is 24.3 Å². The first-order valence-corrected chi connectivity index (χ1v) is 14.5. The van der Waals surface area contributed by atoms with E-state index >= 15 is 0 Å². The predicted molar refractivity (Wildman–Crippen MR) is 159 cm³/mol. The van der Waals surface area contributed by atoms with Crippen molar-refractivity contribution in [1.82, 2.24) is 0 Å². The van der Waals surface area contributed by atoms with Crippen LogP contribution in [0.5, 0.6) is 5.75 Å². The molecule has 4 heteroatoms. The molecule has 1 amide bonds. The molecule has 1 unspecified atom stereocenters. The number of amides is 1. The van der Waals surface area contributed by atoms with Gasteiger partial charge in [0.1, 0.15) is 5.75 Å². The third-order valence-electron chi connectivity index (χ3n) is 8.38. The van der Waals surface area contributed by atoms with Crippen molar-refractivity contribution in [3.05, 3.63) is 113 Å². The van der Waals surface area contributed by atoms with E-state index in [4.69, 9.17) is 15.5 Å². The Labute approximate surface area is 233 Å². The first-order valence-electron chi connectivity index (χ1n) is 14.5. The average molecular weight is 521 g/mol. The normalized spacial score (nSPS) is 19.3. The van der Waals surface area contributed by atoms with Gasteiger partial charge in [0, 0.05) is 12.1 Å². The monoisotopic (exact) mass is 520 g/mol. The van der Waals surface area contributed by atoms with Gasteiger partial charge in [-0.15, -0.1) is 0 Å². The Kier molecular flexibility index (Phi) is 8.93. The number of hydrogen-bond donors (Lipinski definition) is 1. The lowest BCUT2D eigenvalue weighted by atomic mass is 9.69. The minimum atomic E-state index is -0.332. The molecule has 1 atom stereocenters. The summed E-state index contributed by atoms with van der Waals surface area (Å²) < 4.78 is 6.16. The molecule has 3 aromatic rings. The van der Waals surface area contributed by atoms with E-state index in [9.17, 15) is 4.79 Å². The van der Waals surface area contributed by atoms with E-state index in [-0.39, 0.29) is 23.8 Å². The maximum Gasteiger partial charge on any atom is 0.221 e. The molecule has 2 aliphatic rings. The number of hydrogen-bond acceptors (Lipinski definition) is 3. The molecule has 0 radical (unpaired) electrons. The predicted octanol–water partition coefficient (Wildman–Crippen LogP) is 7.43. The van der Waals surface area contributed by atoms with Gasteiger partial charge in [-0.3, -0.25) is 9.79 Å². The van der Waals surface area contributed by atoms with E-state index in [0.717, 1.165) is 30.6 Å². The van der Waals surface area contributed by atoms with E-state index < -0.39 is 0 Å². The van der Waals surface area contributed by atoms with Gasteiger partial charge < -0.3 is 10.5 Å². The van der Waals surface area contributed by atoms with Crippen LogP contribution in [0.25, 0.3) is 0 Å². The van der Waals surface area contributed by atoms with Gasteiger partial charge in [0.05, 0.1) is 18.6 Å². The van der Waals surface area contributed by atoms with E-state index in [1.807, 2.05) is 24.3 Å². The molecule has 202 valence electrons. The number of carbonyl (C=O) groups excluding carboxylic acids is 1. The zero-order valence-corrected chi connectivity index (χ0v) is 22.8. The average Bonchev–Trinajstić information content (AvgIpc) is 3.39. The van der Waals surface area contributed by atoms with Crippen LogP contribution < -0.4 is 10.5 Å². The van der Waals surface area contributed by atoms with E-state index in [2.05, 4.69) is 73.0 Å². The Bertz CT molecular complexity index is 1240. The smallest absolute Gasteiger partial charge is 0.221 e.